The molecule has 3 unspecified atom stereocenters. The first-order valence-corrected chi connectivity index (χ1v) is 10.3. The molecular formula is C20H37N2O+. The summed E-state index contributed by atoms with van der Waals surface area (Å²) >= 11 is 0. The molecule has 23 heavy (non-hydrogen) atoms. The molecule has 3 aliphatic rings. The number of hydrogen-bond acceptors (Lipinski definition) is 2. The molecule has 1 aliphatic heterocycles. The quantitative estimate of drug-likeness (QED) is 0.836. The molecule has 3 rings (SSSR count). The Bertz CT molecular complexity index is 383. The minimum atomic E-state index is 0.172. The Labute approximate surface area is 142 Å². The Morgan fingerprint density at radius 3 is 2.26 bits per heavy atom. The molecule has 0 spiro atoms. The molecule has 1 saturated heterocycles. The molecule has 0 amide bonds. The Hall–Kier alpha value is -0.410. The van der Waals surface area contributed by atoms with E-state index in [0.29, 0.717) is 24.2 Å². The van der Waals surface area contributed by atoms with Gasteiger partial charge in [-0.1, -0.05) is 39.0 Å². The van der Waals surface area contributed by atoms with Gasteiger partial charge in [0.15, 0.2) is 5.78 Å². The third-order valence-corrected chi connectivity index (χ3v) is 7.19. The minimum absolute atomic E-state index is 0.172. The van der Waals surface area contributed by atoms with Gasteiger partial charge in [0.25, 0.3) is 0 Å². The van der Waals surface area contributed by atoms with E-state index in [0.717, 1.165) is 31.2 Å². The maximum Gasteiger partial charge on any atom is 0.189 e. The van der Waals surface area contributed by atoms with Crippen molar-refractivity contribution in [1.82, 2.24) is 0 Å². The summed E-state index contributed by atoms with van der Waals surface area (Å²) in [6.07, 6.45) is 14.8. The summed E-state index contributed by atoms with van der Waals surface area (Å²) in [4.78, 5) is 14.1. The zero-order chi connectivity index (χ0) is 16.2. The molecule has 3 heteroatoms. The Morgan fingerprint density at radius 2 is 1.57 bits per heavy atom. The van der Waals surface area contributed by atoms with Gasteiger partial charge in [-0.25, -0.2) is 0 Å². The van der Waals surface area contributed by atoms with Gasteiger partial charge < -0.3 is 4.90 Å². The number of carbonyl (C=O) groups is 1. The molecule has 3 nitrogen and oxygen atoms in total. The lowest BCUT2D eigenvalue weighted by atomic mass is 9.70. The van der Waals surface area contributed by atoms with Crippen LogP contribution in [0.25, 0.3) is 0 Å². The number of piperidine rings is 1. The summed E-state index contributed by atoms with van der Waals surface area (Å²) < 4.78 is 0. The number of ketones is 1. The van der Waals surface area contributed by atoms with Crippen molar-refractivity contribution in [3.05, 3.63) is 0 Å². The average Bonchev–Trinajstić information content (AvgIpc) is 2.60. The number of carbonyl (C=O) groups excluding carboxylic acids is 1. The lowest BCUT2D eigenvalue weighted by Crippen LogP contribution is -3.19. The summed E-state index contributed by atoms with van der Waals surface area (Å²) in [5.41, 5.74) is 6.33. The second-order valence-corrected chi connectivity index (χ2v) is 8.71. The van der Waals surface area contributed by atoms with E-state index in [2.05, 4.69) is 6.92 Å². The molecule has 3 atom stereocenters. The van der Waals surface area contributed by atoms with Crippen LogP contribution in [0.3, 0.4) is 0 Å². The summed E-state index contributed by atoms with van der Waals surface area (Å²) in [6, 6.07) is 0. The second kappa shape index (κ2) is 8.11. The molecule has 0 aromatic carbocycles. The molecule has 1 heterocycles. The summed E-state index contributed by atoms with van der Waals surface area (Å²) in [5, 5.41) is 0. The first-order valence-electron chi connectivity index (χ1n) is 10.3. The highest BCUT2D eigenvalue weighted by Crippen LogP contribution is 2.40. The van der Waals surface area contributed by atoms with Crippen LogP contribution in [0.5, 0.6) is 0 Å². The van der Waals surface area contributed by atoms with Gasteiger partial charge in [-0.2, -0.15) is 0 Å². The standard InChI is InChI=1S/C20H36N2O/c1-15-6-5-13-22(20(15)21)14-19(23)18-11-9-17(10-12-18)16-7-3-2-4-8-16/h15-18,20H,2-14,21H2,1H3/p+1. The number of Topliss-reactive ketones (excluding diaryl/α,β-unsaturated/α-hetero) is 1. The molecule has 3 N–H and O–H groups in total. The van der Waals surface area contributed by atoms with Crippen molar-refractivity contribution in [1.29, 1.82) is 0 Å². The smallest absolute Gasteiger partial charge is 0.189 e. The van der Waals surface area contributed by atoms with Crippen LogP contribution in [0, 0.1) is 23.7 Å². The lowest BCUT2D eigenvalue weighted by Gasteiger charge is -2.37. The van der Waals surface area contributed by atoms with Crippen molar-refractivity contribution in [3.63, 3.8) is 0 Å². The first-order chi connectivity index (χ1) is 11.1. The number of rotatable bonds is 4. The van der Waals surface area contributed by atoms with Crippen molar-refractivity contribution in [2.75, 3.05) is 13.1 Å². The third kappa shape index (κ3) is 4.36. The predicted octanol–water partition coefficient (Wildman–Crippen LogP) is 2.54. The monoisotopic (exact) mass is 321 g/mol. The number of likely N-dealkylation sites (tertiary alicyclic amines) is 1. The van der Waals surface area contributed by atoms with Gasteiger partial charge in [0.2, 0.25) is 0 Å². The molecule has 0 aromatic heterocycles. The van der Waals surface area contributed by atoms with E-state index in [1.807, 2.05) is 0 Å². The number of nitrogens with two attached hydrogens (primary N) is 1. The van der Waals surface area contributed by atoms with Crippen LogP contribution >= 0.6 is 0 Å². The number of quaternary nitrogens is 1. The summed E-state index contributed by atoms with van der Waals surface area (Å²) in [6.45, 7) is 4.02. The Morgan fingerprint density at radius 1 is 0.913 bits per heavy atom. The number of hydrogen-bond donors (Lipinski definition) is 2. The highest BCUT2D eigenvalue weighted by molar-refractivity contribution is 5.82. The SMILES string of the molecule is CC1CCC[NH+](CC(=O)C2CCC(C3CCCCC3)CC2)C1N. The molecule has 132 valence electrons. The highest BCUT2D eigenvalue weighted by atomic mass is 16.1. The van der Waals surface area contributed by atoms with Crippen LogP contribution in [0.15, 0.2) is 0 Å². The first kappa shape index (κ1) is 17.4. The predicted molar refractivity (Wildman–Crippen MR) is 94.1 cm³/mol. The van der Waals surface area contributed by atoms with Crippen molar-refractivity contribution in [2.24, 2.45) is 29.4 Å². The van der Waals surface area contributed by atoms with Gasteiger partial charge in [0.05, 0.1) is 6.54 Å². The van der Waals surface area contributed by atoms with Crippen molar-refractivity contribution in [3.8, 4) is 0 Å². The largest absolute Gasteiger partial charge is 0.314 e. The maximum absolute atomic E-state index is 12.7. The van der Waals surface area contributed by atoms with Gasteiger partial charge in [0, 0.05) is 11.8 Å². The average molecular weight is 322 g/mol. The van der Waals surface area contributed by atoms with E-state index in [4.69, 9.17) is 5.73 Å². The minimum Gasteiger partial charge on any atom is -0.314 e. The van der Waals surface area contributed by atoms with Crippen molar-refractivity contribution in [2.45, 2.75) is 83.7 Å². The van der Waals surface area contributed by atoms with Crippen LogP contribution in [-0.4, -0.2) is 25.0 Å². The zero-order valence-corrected chi connectivity index (χ0v) is 15.1. The fraction of sp³-hybridized carbons (Fsp3) is 0.950. The number of nitrogens with one attached hydrogen (secondary N) is 1. The van der Waals surface area contributed by atoms with E-state index >= 15 is 0 Å². The molecule has 2 saturated carbocycles. The van der Waals surface area contributed by atoms with E-state index in [9.17, 15) is 4.79 Å². The molecular weight excluding hydrogens is 284 g/mol. The van der Waals surface area contributed by atoms with Crippen LogP contribution in [0.2, 0.25) is 0 Å². The zero-order valence-electron chi connectivity index (χ0n) is 15.1. The van der Waals surface area contributed by atoms with Crippen LogP contribution in [-0.2, 0) is 4.79 Å². The normalized spacial score (nSPS) is 40.0. The topological polar surface area (TPSA) is 47.5 Å². The molecule has 2 aliphatic carbocycles. The fourth-order valence-corrected chi connectivity index (χ4v) is 5.49. The highest BCUT2D eigenvalue weighted by Gasteiger charge is 2.35. The van der Waals surface area contributed by atoms with Crippen molar-refractivity contribution < 1.29 is 9.69 Å². The fourth-order valence-electron chi connectivity index (χ4n) is 5.49. The van der Waals surface area contributed by atoms with E-state index < -0.39 is 0 Å². The van der Waals surface area contributed by atoms with Gasteiger partial charge in [-0.15, -0.1) is 0 Å². The van der Waals surface area contributed by atoms with Gasteiger partial charge >= 0.3 is 0 Å². The van der Waals surface area contributed by atoms with Crippen LogP contribution in [0.4, 0.5) is 0 Å². The molecule has 0 bridgehead atoms. The molecule has 3 fully saturated rings. The Kier molecular flexibility index (Phi) is 6.14. The van der Waals surface area contributed by atoms with Gasteiger partial charge in [-0.05, 0) is 50.4 Å². The second-order valence-electron chi connectivity index (χ2n) is 8.71. The maximum atomic E-state index is 12.7. The molecule has 0 aromatic rings. The Balaban J connectivity index is 1.44. The summed E-state index contributed by atoms with van der Waals surface area (Å²) in [5.74, 6) is 3.30. The van der Waals surface area contributed by atoms with Crippen LogP contribution in [0.1, 0.15) is 77.6 Å². The lowest BCUT2D eigenvalue weighted by molar-refractivity contribution is -0.927. The summed E-state index contributed by atoms with van der Waals surface area (Å²) in [7, 11) is 0. The van der Waals surface area contributed by atoms with Crippen LogP contribution < -0.4 is 10.6 Å². The van der Waals surface area contributed by atoms with E-state index in [-0.39, 0.29) is 6.17 Å². The van der Waals surface area contributed by atoms with Crippen molar-refractivity contribution >= 4 is 5.78 Å². The molecule has 0 radical (unpaired) electrons. The third-order valence-electron chi connectivity index (χ3n) is 7.19. The van der Waals surface area contributed by atoms with Gasteiger partial charge in [-0.3, -0.25) is 10.5 Å². The van der Waals surface area contributed by atoms with E-state index in [1.165, 1.54) is 62.7 Å². The van der Waals surface area contributed by atoms with E-state index in [1.54, 1.807) is 0 Å². The van der Waals surface area contributed by atoms with Gasteiger partial charge in [0.1, 0.15) is 12.7 Å².